The van der Waals surface area contributed by atoms with Crippen LogP contribution in [-0.2, 0) is 25.7 Å². The third-order valence-electron chi connectivity index (χ3n) is 5.51. The highest BCUT2D eigenvalue weighted by atomic mass is 32.2. The molecule has 0 saturated carbocycles. The molecule has 1 unspecified atom stereocenters. The van der Waals surface area contributed by atoms with Crippen molar-refractivity contribution < 1.29 is 23.9 Å². The maximum Gasteiger partial charge on any atom is 0.328 e. The number of anilines is 1. The minimum atomic E-state index is -1.02. The van der Waals surface area contributed by atoms with E-state index in [1.165, 1.54) is 14.0 Å². The third kappa shape index (κ3) is 4.60. The molecule has 174 valence electrons. The SMILES string of the molecule is COC(=O)C(C)N1C(=O)SC(=Cc2cn(CC(=O)Nc3ccc(C)cc3)c3ccccc23)C1=O. The zero-order valence-electron chi connectivity index (χ0n) is 18.9. The first kappa shape index (κ1) is 23.3. The number of hydrogen-bond donors (Lipinski definition) is 1. The average molecular weight is 478 g/mol. The van der Waals surface area contributed by atoms with Crippen LogP contribution in [0.3, 0.4) is 0 Å². The van der Waals surface area contributed by atoms with Crippen molar-refractivity contribution in [1.29, 1.82) is 0 Å². The smallest absolute Gasteiger partial charge is 0.328 e. The van der Waals surface area contributed by atoms with Gasteiger partial charge in [0.15, 0.2) is 0 Å². The molecule has 3 amide bonds. The predicted octanol–water partition coefficient (Wildman–Crippen LogP) is 4.19. The van der Waals surface area contributed by atoms with Crippen LogP contribution in [0.15, 0.2) is 59.6 Å². The Morgan fingerprint density at radius 2 is 1.82 bits per heavy atom. The number of aryl methyl sites for hydroxylation is 1. The maximum absolute atomic E-state index is 12.9. The highest BCUT2D eigenvalue weighted by Gasteiger charge is 2.41. The van der Waals surface area contributed by atoms with E-state index in [1.54, 1.807) is 16.8 Å². The number of thioether (sulfide) groups is 1. The van der Waals surface area contributed by atoms with E-state index in [0.29, 0.717) is 11.3 Å². The molecule has 0 bridgehead atoms. The van der Waals surface area contributed by atoms with Gasteiger partial charge in [0.1, 0.15) is 12.6 Å². The number of nitrogens with zero attached hydrogens (tertiary/aromatic N) is 2. The summed E-state index contributed by atoms with van der Waals surface area (Å²) in [5.74, 6) is -1.41. The van der Waals surface area contributed by atoms with E-state index in [-0.39, 0.29) is 17.4 Å². The van der Waals surface area contributed by atoms with Gasteiger partial charge < -0.3 is 14.6 Å². The van der Waals surface area contributed by atoms with Crippen molar-refractivity contribution >= 4 is 57.5 Å². The Bertz CT molecular complexity index is 1330. The van der Waals surface area contributed by atoms with Gasteiger partial charge in [-0.05, 0) is 49.9 Å². The summed E-state index contributed by atoms with van der Waals surface area (Å²) < 4.78 is 6.46. The maximum atomic E-state index is 12.9. The number of imide groups is 1. The summed E-state index contributed by atoms with van der Waals surface area (Å²) in [7, 11) is 1.21. The molecule has 0 spiro atoms. The lowest BCUT2D eigenvalue weighted by molar-refractivity contribution is -0.148. The second-order valence-corrected chi connectivity index (χ2v) is 8.89. The van der Waals surface area contributed by atoms with Gasteiger partial charge in [0.2, 0.25) is 5.91 Å². The molecule has 1 saturated heterocycles. The molecule has 3 aromatic rings. The lowest BCUT2D eigenvalue weighted by atomic mass is 10.1. The van der Waals surface area contributed by atoms with E-state index in [1.807, 2.05) is 55.5 Å². The van der Waals surface area contributed by atoms with Crippen molar-refractivity contribution in [2.24, 2.45) is 0 Å². The monoisotopic (exact) mass is 477 g/mol. The van der Waals surface area contributed by atoms with E-state index in [0.717, 1.165) is 33.1 Å². The summed E-state index contributed by atoms with van der Waals surface area (Å²) >= 11 is 0.770. The van der Waals surface area contributed by atoms with E-state index in [4.69, 9.17) is 0 Å². The Morgan fingerprint density at radius 3 is 2.53 bits per heavy atom. The number of methoxy groups -OCH3 is 1. The molecule has 9 heteroatoms. The lowest BCUT2D eigenvalue weighted by Crippen LogP contribution is -2.42. The first-order valence-electron chi connectivity index (χ1n) is 10.6. The summed E-state index contributed by atoms with van der Waals surface area (Å²) in [6.07, 6.45) is 3.39. The number of esters is 1. The number of nitrogens with one attached hydrogen (secondary N) is 1. The zero-order chi connectivity index (χ0) is 24.4. The average Bonchev–Trinajstić information content (AvgIpc) is 3.30. The van der Waals surface area contributed by atoms with Crippen LogP contribution in [0, 0.1) is 6.92 Å². The normalized spacial score (nSPS) is 15.7. The quantitative estimate of drug-likeness (QED) is 0.422. The summed E-state index contributed by atoms with van der Waals surface area (Å²) in [5, 5.41) is 3.18. The standard InChI is InChI=1S/C25H23N3O5S/c1-15-8-10-18(11-9-15)26-22(29)14-27-13-17(19-6-4-5-7-20(19)27)12-21-23(30)28(25(32)34-21)16(2)24(31)33-3/h4-13,16H,14H2,1-3H3,(H,26,29). The number of rotatable bonds is 6. The number of ether oxygens (including phenoxy) is 1. The van der Waals surface area contributed by atoms with E-state index >= 15 is 0 Å². The number of benzene rings is 2. The van der Waals surface area contributed by atoms with Gasteiger partial charge in [0.05, 0.1) is 12.0 Å². The summed E-state index contributed by atoms with van der Waals surface area (Å²) in [4.78, 5) is 50.9. The molecule has 1 atom stereocenters. The fourth-order valence-electron chi connectivity index (χ4n) is 3.74. The molecule has 1 aromatic heterocycles. The van der Waals surface area contributed by atoms with Gasteiger partial charge in [-0.2, -0.15) is 0 Å². The molecule has 8 nitrogen and oxygen atoms in total. The zero-order valence-corrected chi connectivity index (χ0v) is 19.7. The number of amides is 3. The van der Waals surface area contributed by atoms with E-state index in [9.17, 15) is 19.2 Å². The van der Waals surface area contributed by atoms with Gasteiger partial charge >= 0.3 is 5.97 Å². The molecule has 4 rings (SSSR count). The van der Waals surface area contributed by atoms with Crippen LogP contribution in [0.1, 0.15) is 18.1 Å². The second-order valence-electron chi connectivity index (χ2n) is 7.89. The number of fused-ring (bicyclic) bond motifs is 1. The Balaban J connectivity index is 1.61. The Morgan fingerprint density at radius 1 is 1.12 bits per heavy atom. The predicted molar refractivity (Wildman–Crippen MR) is 131 cm³/mol. The van der Waals surface area contributed by atoms with Crippen LogP contribution in [0.5, 0.6) is 0 Å². The minimum Gasteiger partial charge on any atom is -0.467 e. The molecule has 1 fully saturated rings. The molecule has 34 heavy (non-hydrogen) atoms. The molecular weight excluding hydrogens is 454 g/mol. The van der Waals surface area contributed by atoms with Gasteiger partial charge in [-0.3, -0.25) is 19.3 Å². The van der Waals surface area contributed by atoms with Crippen LogP contribution in [0.4, 0.5) is 10.5 Å². The third-order valence-corrected chi connectivity index (χ3v) is 6.39. The minimum absolute atomic E-state index is 0.0725. The highest BCUT2D eigenvalue weighted by molar-refractivity contribution is 8.18. The van der Waals surface area contributed by atoms with Crippen molar-refractivity contribution in [2.75, 3.05) is 12.4 Å². The van der Waals surface area contributed by atoms with Crippen molar-refractivity contribution in [3.63, 3.8) is 0 Å². The number of aromatic nitrogens is 1. The Hall–Kier alpha value is -3.85. The van der Waals surface area contributed by atoms with Crippen LogP contribution in [0.25, 0.3) is 17.0 Å². The number of para-hydroxylation sites is 1. The summed E-state index contributed by atoms with van der Waals surface area (Å²) in [6, 6.07) is 14.0. The molecule has 1 aliphatic rings. The van der Waals surface area contributed by atoms with Crippen LogP contribution in [-0.4, -0.2) is 45.6 Å². The van der Waals surface area contributed by atoms with Gasteiger partial charge in [-0.25, -0.2) is 4.79 Å². The summed E-state index contributed by atoms with van der Waals surface area (Å²) in [5.41, 5.74) is 3.31. The molecule has 1 N–H and O–H groups in total. The van der Waals surface area contributed by atoms with Crippen molar-refractivity contribution in [3.8, 4) is 0 Å². The van der Waals surface area contributed by atoms with E-state index in [2.05, 4.69) is 10.1 Å². The molecule has 2 aromatic carbocycles. The van der Waals surface area contributed by atoms with Crippen LogP contribution < -0.4 is 5.32 Å². The van der Waals surface area contributed by atoms with E-state index < -0.39 is 23.2 Å². The van der Waals surface area contributed by atoms with Gasteiger partial charge in [-0.15, -0.1) is 0 Å². The Kier molecular flexibility index (Phi) is 6.56. The van der Waals surface area contributed by atoms with Gasteiger partial charge in [-0.1, -0.05) is 35.9 Å². The first-order chi connectivity index (χ1) is 16.3. The van der Waals surface area contributed by atoms with Crippen LogP contribution in [0.2, 0.25) is 0 Å². The molecule has 0 aliphatic carbocycles. The Labute approximate surface area is 200 Å². The van der Waals surface area contributed by atoms with Gasteiger partial charge in [0.25, 0.3) is 11.1 Å². The first-order valence-corrected chi connectivity index (χ1v) is 11.4. The second kappa shape index (κ2) is 9.56. The fraction of sp³-hybridized carbons (Fsp3) is 0.200. The molecule has 1 aliphatic heterocycles. The van der Waals surface area contributed by atoms with Crippen molar-refractivity contribution in [2.45, 2.75) is 26.4 Å². The highest BCUT2D eigenvalue weighted by Crippen LogP contribution is 2.35. The number of hydrogen-bond acceptors (Lipinski definition) is 6. The fourth-order valence-corrected chi connectivity index (χ4v) is 4.64. The number of carbonyl (C=O) groups excluding carboxylic acids is 4. The number of carbonyl (C=O) groups is 4. The topological polar surface area (TPSA) is 97.7 Å². The largest absolute Gasteiger partial charge is 0.467 e. The lowest BCUT2D eigenvalue weighted by Gasteiger charge is -2.18. The summed E-state index contributed by atoms with van der Waals surface area (Å²) in [6.45, 7) is 3.50. The van der Waals surface area contributed by atoms with Crippen molar-refractivity contribution in [1.82, 2.24) is 9.47 Å². The van der Waals surface area contributed by atoms with Gasteiger partial charge in [0, 0.05) is 28.4 Å². The van der Waals surface area contributed by atoms with Crippen molar-refractivity contribution in [3.05, 3.63) is 70.8 Å². The molecule has 2 heterocycles. The van der Waals surface area contributed by atoms with Crippen LogP contribution >= 0.6 is 11.8 Å². The molecule has 0 radical (unpaired) electrons. The molecular formula is C25H23N3O5S.